The molecule has 1 aliphatic rings. The van der Waals surface area contributed by atoms with Gasteiger partial charge in [-0.1, -0.05) is 19.1 Å². The number of methoxy groups -OCH3 is 1. The standard InChI is InChI=1S/C17H23NO5/c1-11-8-18(9-15(11)17(20)21)16(19)12(2)23-10-13-5-4-6-14(7-13)22-3/h4-7,11-12,15H,8-10H2,1-3H3,(H,20,21)/t11-,12?,15-/m1/s1. The summed E-state index contributed by atoms with van der Waals surface area (Å²) in [5.74, 6) is -0.810. The van der Waals surface area contributed by atoms with Gasteiger partial charge in [0.15, 0.2) is 0 Å². The fourth-order valence-electron chi connectivity index (χ4n) is 2.78. The number of amides is 1. The lowest BCUT2D eigenvalue weighted by molar-refractivity contribution is -0.144. The Morgan fingerprint density at radius 1 is 1.39 bits per heavy atom. The van der Waals surface area contributed by atoms with Gasteiger partial charge >= 0.3 is 5.97 Å². The third-order valence-corrected chi connectivity index (χ3v) is 4.22. The quantitative estimate of drug-likeness (QED) is 0.864. The molecule has 1 fully saturated rings. The molecule has 0 spiro atoms. The molecule has 1 saturated heterocycles. The van der Waals surface area contributed by atoms with E-state index in [4.69, 9.17) is 14.6 Å². The first-order chi connectivity index (χ1) is 10.9. The number of carboxylic acid groups (broad SMARTS) is 1. The molecule has 0 bridgehead atoms. The minimum atomic E-state index is -0.849. The Labute approximate surface area is 136 Å². The third kappa shape index (κ3) is 4.22. The molecule has 1 N–H and O–H groups in total. The van der Waals surface area contributed by atoms with E-state index in [1.54, 1.807) is 18.9 Å². The van der Waals surface area contributed by atoms with Crippen LogP contribution in [0, 0.1) is 11.8 Å². The van der Waals surface area contributed by atoms with Crippen LogP contribution in [0.5, 0.6) is 5.75 Å². The molecule has 6 nitrogen and oxygen atoms in total. The van der Waals surface area contributed by atoms with Gasteiger partial charge in [-0.3, -0.25) is 9.59 Å². The highest BCUT2D eigenvalue weighted by molar-refractivity contribution is 5.82. The van der Waals surface area contributed by atoms with Gasteiger partial charge in [0.05, 0.1) is 19.6 Å². The van der Waals surface area contributed by atoms with E-state index in [0.717, 1.165) is 11.3 Å². The van der Waals surface area contributed by atoms with Crippen LogP contribution in [0.2, 0.25) is 0 Å². The number of carbonyl (C=O) groups is 2. The van der Waals surface area contributed by atoms with E-state index in [2.05, 4.69) is 0 Å². The molecule has 3 atom stereocenters. The number of hydrogen-bond donors (Lipinski definition) is 1. The highest BCUT2D eigenvalue weighted by Crippen LogP contribution is 2.24. The zero-order valence-electron chi connectivity index (χ0n) is 13.7. The van der Waals surface area contributed by atoms with E-state index in [1.807, 2.05) is 31.2 Å². The van der Waals surface area contributed by atoms with Crippen LogP contribution < -0.4 is 4.74 Å². The molecule has 1 amide bonds. The van der Waals surface area contributed by atoms with Gasteiger partial charge in [0.25, 0.3) is 5.91 Å². The summed E-state index contributed by atoms with van der Waals surface area (Å²) in [6.07, 6.45) is -0.610. The number of benzene rings is 1. The van der Waals surface area contributed by atoms with E-state index >= 15 is 0 Å². The Bertz CT molecular complexity index is 574. The Balaban J connectivity index is 1.89. The summed E-state index contributed by atoms with van der Waals surface area (Å²) in [5, 5.41) is 9.14. The van der Waals surface area contributed by atoms with Gasteiger partial charge in [-0.2, -0.15) is 0 Å². The van der Waals surface area contributed by atoms with Crippen LogP contribution in [0.15, 0.2) is 24.3 Å². The molecule has 1 aromatic rings. The second kappa shape index (κ2) is 7.46. The van der Waals surface area contributed by atoms with Gasteiger partial charge in [0.1, 0.15) is 11.9 Å². The van der Waals surface area contributed by atoms with E-state index in [9.17, 15) is 9.59 Å². The summed E-state index contributed by atoms with van der Waals surface area (Å²) in [7, 11) is 1.60. The highest BCUT2D eigenvalue weighted by atomic mass is 16.5. The molecule has 1 aliphatic heterocycles. The fraction of sp³-hybridized carbons (Fsp3) is 0.529. The first-order valence-electron chi connectivity index (χ1n) is 7.68. The van der Waals surface area contributed by atoms with Crippen molar-refractivity contribution in [2.24, 2.45) is 11.8 Å². The van der Waals surface area contributed by atoms with E-state index < -0.39 is 18.0 Å². The predicted molar refractivity (Wildman–Crippen MR) is 84.1 cm³/mol. The van der Waals surface area contributed by atoms with Crippen LogP contribution in [-0.2, 0) is 20.9 Å². The van der Waals surface area contributed by atoms with Gasteiger partial charge in [-0.05, 0) is 30.5 Å². The van der Waals surface area contributed by atoms with Crippen molar-refractivity contribution in [1.82, 2.24) is 4.90 Å². The molecule has 0 aliphatic carbocycles. The van der Waals surface area contributed by atoms with Crippen molar-refractivity contribution in [2.75, 3.05) is 20.2 Å². The smallest absolute Gasteiger partial charge is 0.308 e. The molecule has 1 unspecified atom stereocenters. The van der Waals surface area contributed by atoms with Crippen LogP contribution in [0.3, 0.4) is 0 Å². The number of carboxylic acids is 1. The molecule has 0 aromatic heterocycles. The lowest BCUT2D eigenvalue weighted by Crippen LogP contribution is -2.38. The number of hydrogen-bond acceptors (Lipinski definition) is 4. The Morgan fingerprint density at radius 3 is 2.74 bits per heavy atom. The maximum absolute atomic E-state index is 12.4. The number of likely N-dealkylation sites (tertiary alicyclic amines) is 1. The maximum Gasteiger partial charge on any atom is 0.308 e. The van der Waals surface area contributed by atoms with Gasteiger partial charge in [-0.25, -0.2) is 0 Å². The summed E-state index contributed by atoms with van der Waals surface area (Å²) in [5.41, 5.74) is 0.919. The molecule has 23 heavy (non-hydrogen) atoms. The first kappa shape index (κ1) is 17.3. The van der Waals surface area contributed by atoms with Crippen LogP contribution >= 0.6 is 0 Å². The Morgan fingerprint density at radius 2 is 2.13 bits per heavy atom. The predicted octanol–water partition coefficient (Wildman–Crippen LogP) is 1.78. The minimum Gasteiger partial charge on any atom is -0.497 e. The van der Waals surface area contributed by atoms with E-state index in [0.29, 0.717) is 13.2 Å². The van der Waals surface area contributed by atoms with Crippen molar-refractivity contribution in [3.8, 4) is 5.75 Å². The van der Waals surface area contributed by atoms with Crippen molar-refractivity contribution < 1.29 is 24.2 Å². The topological polar surface area (TPSA) is 76.1 Å². The zero-order valence-corrected chi connectivity index (χ0v) is 13.7. The molecule has 6 heteroatoms. The van der Waals surface area contributed by atoms with Crippen LogP contribution in [0.4, 0.5) is 0 Å². The molecule has 1 heterocycles. The summed E-state index contributed by atoms with van der Waals surface area (Å²) in [6.45, 7) is 4.57. The maximum atomic E-state index is 12.4. The average molecular weight is 321 g/mol. The Hall–Kier alpha value is -2.08. The average Bonchev–Trinajstić information content (AvgIpc) is 2.94. The summed E-state index contributed by atoms with van der Waals surface area (Å²) < 4.78 is 10.8. The molecule has 0 saturated carbocycles. The zero-order chi connectivity index (χ0) is 17.0. The Kier molecular flexibility index (Phi) is 5.60. The summed E-state index contributed by atoms with van der Waals surface area (Å²) >= 11 is 0. The second-order valence-corrected chi connectivity index (χ2v) is 5.97. The molecule has 0 radical (unpaired) electrons. The van der Waals surface area contributed by atoms with Crippen molar-refractivity contribution in [3.05, 3.63) is 29.8 Å². The largest absolute Gasteiger partial charge is 0.497 e. The lowest BCUT2D eigenvalue weighted by atomic mass is 9.99. The van der Waals surface area contributed by atoms with Crippen LogP contribution in [-0.4, -0.2) is 48.2 Å². The van der Waals surface area contributed by atoms with Crippen molar-refractivity contribution >= 4 is 11.9 Å². The van der Waals surface area contributed by atoms with Crippen LogP contribution in [0.1, 0.15) is 19.4 Å². The van der Waals surface area contributed by atoms with Crippen molar-refractivity contribution in [3.63, 3.8) is 0 Å². The SMILES string of the molecule is COc1cccc(COC(C)C(=O)N2C[C@@H](C)[C@H](C(=O)O)C2)c1. The minimum absolute atomic E-state index is 0.0398. The lowest BCUT2D eigenvalue weighted by Gasteiger charge is -2.21. The summed E-state index contributed by atoms with van der Waals surface area (Å²) in [6, 6.07) is 7.47. The molecule has 1 aromatic carbocycles. The highest BCUT2D eigenvalue weighted by Gasteiger charge is 2.38. The number of aliphatic carboxylic acids is 1. The number of nitrogens with zero attached hydrogens (tertiary/aromatic N) is 1. The second-order valence-electron chi connectivity index (χ2n) is 5.97. The van der Waals surface area contributed by atoms with Crippen LogP contribution in [0.25, 0.3) is 0 Å². The van der Waals surface area contributed by atoms with Gasteiger partial charge in [0.2, 0.25) is 0 Å². The first-order valence-corrected chi connectivity index (χ1v) is 7.68. The van der Waals surface area contributed by atoms with Crippen molar-refractivity contribution in [2.45, 2.75) is 26.6 Å². The van der Waals surface area contributed by atoms with E-state index in [-0.39, 0.29) is 18.4 Å². The van der Waals surface area contributed by atoms with Gasteiger partial charge in [0, 0.05) is 13.1 Å². The molecular weight excluding hydrogens is 298 g/mol. The van der Waals surface area contributed by atoms with E-state index in [1.165, 1.54) is 0 Å². The third-order valence-electron chi connectivity index (χ3n) is 4.22. The van der Waals surface area contributed by atoms with Gasteiger partial charge in [-0.15, -0.1) is 0 Å². The van der Waals surface area contributed by atoms with Gasteiger partial charge < -0.3 is 19.5 Å². The fourth-order valence-corrected chi connectivity index (χ4v) is 2.78. The monoisotopic (exact) mass is 321 g/mol. The number of ether oxygens (including phenoxy) is 2. The molecular formula is C17H23NO5. The molecule has 126 valence electrons. The molecule has 2 rings (SSSR count). The van der Waals surface area contributed by atoms with Crippen molar-refractivity contribution in [1.29, 1.82) is 0 Å². The summed E-state index contributed by atoms with van der Waals surface area (Å²) in [4.78, 5) is 25.1. The normalized spacial score (nSPS) is 22.0. The number of rotatable bonds is 6. The number of carbonyl (C=O) groups excluding carboxylic acids is 1.